The van der Waals surface area contributed by atoms with Crippen LogP contribution in [-0.4, -0.2) is 15.8 Å². The van der Waals surface area contributed by atoms with E-state index in [-0.39, 0.29) is 0 Å². The number of rotatable bonds is 12. The average Bonchev–Trinajstić information content (AvgIpc) is 2.80. The van der Waals surface area contributed by atoms with Crippen molar-refractivity contribution in [3.05, 3.63) is 17.5 Å². The second-order valence-electron chi connectivity index (χ2n) is 6.51. The number of nitrogens with one attached hydrogen (secondary N) is 1. The molecule has 0 aliphatic heterocycles. The summed E-state index contributed by atoms with van der Waals surface area (Å²) in [5.41, 5.74) is 2.51. The highest BCUT2D eigenvalue weighted by atomic mass is 15.3. The molecule has 0 amide bonds. The zero-order valence-electron chi connectivity index (χ0n) is 14.6. The molecule has 0 spiro atoms. The minimum absolute atomic E-state index is 0.528. The van der Waals surface area contributed by atoms with Crippen molar-refractivity contribution < 1.29 is 0 Å². The van der Waals surface area contributed by atoms with Crippen molar-refractivity contribution >= 4 is 0 Å². The van der Waals surface area contributed by atoms with Crippen molar-refractivity contribution in [3.63, 3.8) is 0 Å². The maximum Gasteiger partial charge on any atom is 0.0638 e. The smallest absolute Gasteiger partial charge is 0.0638 e. The van der Waals surface area contributed by atoms with E-state index >= 15 is 0 Å². The van der Waals surface area contributed by atoms with Gasteiger partial charge in [-0.25, -0.2) is 0 Å². The van der Waals surface area contributed by atoms with Gasteiger partial charge in [0.2, 0.25) is 0 Å². The Balaban J connectivity index is 2.13. The Labute approximate surface area is 131 Å². The van der Waals surface area contributed by atoms with E-state index in [4.69, 9.17) is 0 Å². The van der Waals surface area contributed by atoms with Crippen LogP contribution in [0.4, 0.5) is 0 Å². The molecule has 1 aromatic heterocycles. The van der Waals surface area contributed by atoms with Gasteiger partial charge in [0.05, 0.1) is 5.69 Å². The third-order valence-corrected chi connectivity index (χ3v) is 3.99. The molecule has 0 saturated heterocycles. The second kappa shape index (κ2) is 10.8. The maximum atomic E-state index is 4.62. The summed E-state index contributed by atoms with van der Waals surface area (Å²) in [6.07, 6.45) is 13.2. The third-order valence-electron chi connectivity index (χ3n) is 3.99. The zero-order chi connectivity index (χ0) is 15.5. The quantitative estimate of drug-likeness (QED) is 0.559. The molecule has 0 unspecified atom stereocenters. The van der Waals surface area contributed by atoms with Crippen LogP contribution in [-0.2, 0) is 13.1 Å². The fourth-order valence-electron chi connectivity index (χ4n) is 2.57. The highest BCUT2D eigenvalue weighted by Crippen LogP contribution is 2.10. The fraction of sp³-hybridized carbons (Fsp3) is 0.833. The van der Waals surface area contributed by atoms with Crippen molar-refractivity contribution in [1.82, 2.24) is 15.1 Å². The molecule has 0 aliphatic carbocycles. The summed E-state index contributed by atoms with van der Waals surface area (Å²) >= 11 is 0. The van der Waals surface area contributed by atoms with Gasteiger partial charge in [-0.1, -0.05) is 65.7 Å². The SMILES string of the molecule is CCCCCCCCCCn1cc(CNC(C)C)c(C)n1. The van der Waals surface area contributed by atoms with E-state index in [9.17, 15) is 0 Å². The van der Waals surface area contributed by atoms with Crippen molar-refractivity contribution in [2.75, 3.05) is 0 Å². The minimum atomic E-state index is 0.528. The normalized spacial score (nSPS) is 11.5. The first-order valence-electron chi connectivity index (χ1n) is 8.89. The van der Waals surface area contributed by atoms with E-state index in [1.54, 1.807) is 0 Å². The standard InChI is InChI=1S/C18H35N3/c1-5-6-7-8-9-10-11-12-13-21-15-18(17(4)20-21)14-19-16(2)3/h15-16,19H,5-14H2,1-4H3. The van der Waals surface area contributed by atoms with Crippen molar-refractivity contribution in [2.24, 2.45) is 0 Å². The van der Waals surface area contributed by atoms with Crippen LogP contribution >= 0.6 is 0 Å². The van der Waals surface area contributed by atoms with Crippen LogP contribution in [0.3, 0.4) is 0 Å². The van der Waals surface area contributed by atoms with Crippen LogP contribution in [0.5, 0.6) is 0 Å². The van der Waals surface area contributed by atoms with Crippen LogP contribution in [0.1, 0.15) is 83.4 Å². The van der Waals surface area contributed by atoms with Crippen LogP contribution in [0.2, 0.25) is 0 Å². The molecule has 0 bridgehead atoms. The summed E-state index contributed by atoms with van der Waals surface area (Å²) in [5, 5.41) is 8.09. The van der Waals surface area contributed by atoms with Crippen molar-refractivity contribution in [3.8, 4) is 0 Å². The van der Waals surface area contributed by atoms with E-state index in [1.165, 1.54) is 62.6 Å². The Morgan fingerprint density at radius 3 is 2.29 bits per heavy atom. The number of hydrogen-bond donors (Lipinski definition) is 1. The molecule has 1 aromatic rings. The molecule has 1 N–H and O–H groups in total. The summed E-state index contributed by atoms with van der Waals surface area (Å²) < 4.78 is 2.13. The predicted molar refractivity (Wildman–Crippen MR) is 91.5 cm³/mol. The molecule has 0 radical (unpaired) electrons. The van der Waals surface area contributed by atoms with Gasteiger partial charge in [0.25, 0.3) is 0 Å². The molecule has 3 nitrogen and oxygen atoms in total. The molecule has 0 saturated carbocycles. The molecule has 21 heavy (non-hydrogen) atoms. The molecule has 0 aliphatic rings. The van der Waals surface area contributed by atoms with Crippen LogP contribution < -0.4 is 5.32 Å². The molecule has 3 heteroatoms. The first kappa shape index (κ1) is 18.2. The molecular formula is C18H35N3. The van der Waals surface area contributed by atoms with Crippen LogP contribution in [0.15, 0.2) is 6.20 Å². The van der Waals surface area contributed by atoms with Crippen molar-refractivity contribution in [2.45, 2.75) is 98.2 Å². The van der Waals surface area contributed by atoms with Gasteiger partial charge >= 0.3 is 0 Å². The van der Waals surface area contributed by atoms with Gasteiger partial charge in [-0.05, 0) is 13.3 Å². The number of aryl methyl sites for hydroxylation is 2. The van der Waals surface area contributed by atoms with Gasteiger partial charge in [-0.2, -0.15) is 5.10 Å². The molecule has 1 heterocycles. The largest absolute Gasteiger partial charge is 0.310 e. The van der Waals surface area contributed by atoms with E-state index in [2.05, 4.69) is 49.0 Å². The predicted octanol–water partition coefficient (Wildman–Crippen LogP) is 4.83. The van der Waals surface area contributed by atoms with E-state index in [0.29, 0.717) is 6.04 Å². The van der Waals surface area contributed by atoms with Gasteiger partial charge < -0.3 is 5.32 Å². The van der Waals surface area contributed by atoms with E-state index in [1.807, 2.05) is 0 Å². The lowest BCUT2D eigenvalue weighted by Gasteiger charge is -2.06. The summed E-state index contributed by atoms with van der Waals surface area (Å²) in [4.78, 5) is 0. The van der Waals surface area contributed by atoms with Gasteiger partial charge in [0.15, 0.2) is 0 Å². The highest BCUT2D eigenvalue weighted by molar-refractivity contribution is 5.15. The average molecular weight is 293 g/mol. The van der Waals surface area contributed by atoms with E-state index in [0.717, 1.165) is 13.1 Å². The topological polar surface area (TPSA) is 29.9 Å². The molecule has 122 valence electrons. The van der Waals surface area contributed by atoms with Gasteiger partial charge in [0, 0.05) is 30.9 Å². The molecule has 1 rings (SSSR count). The lowest BCUT2D eigenvalue weighted by atomic mass is 10.1. The van der Waals surface area contributed by atoms with E-state index < -0.39 is 0 Å². The Bertz CT molecular complexity index is 369. The lowest BCUT2D eigenvalue weighted by Crippen LogP contribution is -2.21. The monoisotopic (exact) mass is 293 g/mol. The summed E-state index contributed by atoms with van der Waals surface area (Å²) in [5.74, 6) is 0. The highest BCUT2D eigenvalue weighted by Gasteiger charge is 2.05. The second-order valence-corrected chi connectivity index (χ2v) is 6.51. The van der Waals surface area contributed by atoms with Gasteiger partial charge in [-0.15, -0.1) is 0 Å². The van der Waals surface area contributed by atoms with Crippen LogP contribution in [0.25, 0.3) is 0 Å². The Morgan fingerprint density at radius 1 is 1.05 bits per heavy atom. The summed E-state index contributed by atoms with van der Waals surface area (Å²) in [7, 11) is 0. The molecular weight excluding hydrogens is 258 g/mol. The molecule has 0 atom stereocenters. The fourth-order valence-corrected chi connectivity index (χ4v) is 2.57. The number of aromatic nitrogens is 2. The Morgan fingerprint density at radius 2 is 1.67 bits per heavy atom. The van der Waals surface area contributed by atoms with Crippen molar-refractivity contribution in [1.29, 1.82) is 0 Å². The number of hydrogen-bond acceptors (Lipinski definition) is 2. The first-order valence-corrected chi connectivity index (χ1v) is 8.89. The van der Waals surface area contributed by atoms with Gasteiger partial charge in [-0.3, -0.25) is 4.68 Å². The maximum absolute atomic E-state index is 4.62. The Kier molecular flexibility index (Phi) is 9.40. The van der Waals surface area contributed by atoms with Gasteiger partial charge in [0.1, 0.15) is 0 Å². The number of unbranched alkanes of at least 4 members (excludes halogenated alkanes) is 7. The third kappa shape index (κ3) is 8.25. The molecule has 0 fully saturated rings. The number of nitrogens with zero attached hydrogens (tertiary/aromatic N) is 2. The van der Waals surface area contributed by atoms with Crippen LogP contribution in [0, 0.1) is 6.92 Å². The summed E-state index contributed by atoms with van der Waals surface area (Å²) in [6.45, 7) is 10.7. The summed E-state index contributed by atoms with van der Waals surface area (Å²) in [6, 6.07) is 0.528. The first-order chi connectivity index (χ1) is 10.1. The minimum Gasteiger partial charge on any atom is -0.310 e. The Hall–Kier alpha value is -0.830. The lowest BCUT2D eigenvalue weighted by molar-refractivity contribution is 0.518. The zero-order valence-corrected chi connectivity index (χ0v) is 14.6. The molecule has 0 aromatic carbocycles.